The molecule has 0 radical (unpaired) electrons. The van der Waals surface area contributed by atoms with E-state index in [1.54, 1.807) is 6.92 Å². The van der Waals surface area contributed by atoms with Crippen molar-refractivity contribution in [2.24, 2.45) is 5.41 Å². The van der Waals surface area contributed by atoms with Gasteiger partial charge in [0.15, 0.2) is 6.10 Å². The number of carbonyl (C=O) groups excluding carboxylic acids is 2. The molecule has 1 rings (SSSR count). The fraction of sp³-hybridized carbons (Fsp3) is 0.529. The molecular weight excluding hydrogens is 266 g/mol. The number of ether oxygens (including phenoxy) is 1. The maximum absolute atomic E-state index is 12.0. The van der Waals surface area contributed by atoms with E-state index in [-0.39, 0.29) is 23.7 Å². The first kappa shape index (κ1) is 17.2. The van der Waals surface area contributed by atoms with Crippen molar-refractivity contribution < 1.29 is 14.3 Å². The van der Waals surface area contributed by atoms with Crippen molar-refractivity contribution in [1.82, 2.24) is 0 Å². The summed E-state index contributed by atoms with van der Waals surface area (Å²) in [5.41, 5.74) is 1.76. The molecule has 0 aliphatic rings. The van der Waals surface area contributed by atoms with E-state index in [4.69, 9.17) is 4.74 Å². The van der Waals surface area contributed by atoms with E-state index < -0.39 is 6.10 Å². The number of amides is 1. The van der Waals surface area contributed by atoms with Crippen molar-refractivity contribution in [3.05, 3.63) is 29.8 Å². The number of aryl methyl sites for hydroxylation is 1. The van der Waals surface area contributed by atoms with Crippen LogP contribution in [0.25, 0.3) is 0 Å². The predicted molar refractivity (Wildman–Crippen MR) is 84.1 cm³/mol. The van der Waals surface area contributed by atoms with E-state index in [1.165, 1.54) is 5.56 Å². The second-order valence-electron chi connectivity index (χ2n) is 6.41. The van der Waals surface area contributed by atoms with Gasteiger partial charge in [0.1, 0.15) is 0 Å². The molecule has 4 heteroatoms. The Morgan fingerprint density at radius 1 is 1.19 bits per heavy atom. The van der Waals surface area contributed by atoms with Crippen LogP contribution >= 0.6 is 0 Å². The smallest absolute Gasteiger partial charge is 0.307 e. The molecule has 0 aromatic heterocycles. The second kappa shape index (κ2) is 7.25. The first-order valence-electron chi connectivity index (χ1n) is 7.30. The Morgan fingerprint density at radius 3 is 2.24 bits per heavy atom. The standard InChI is InChI=1S/C17H25NO3/c1-6-13-7-9-14(10-8-13)18-16(20)12(2)21-15(19)11-17(3,4)5/h7-10,12H,6,11H2,1-5H3,(H,18,20)/t12-/m0/s1. The Kier molecular flexibility index (Phi) is 5.94. The van der Waals surface area contributed by atoms with Crippen molar-refractivity contribution in [2.75, 3.05) is 5.32 Å². The third kappa shape index (κ3) is 6.43. The van der Waals surface area contributed by atoms with Gasteiger partial charge in [0.05, 0.1) is 6.42 Å². The van der Waals surface area contributed by atoms with E-state index >= 15 is 0 Å². The van der Waals surface area contributed by atoms with Gasteiger partial charge in [0.2, 0.25) is 0 Å². The normalized spacial score (nSPS) is 12.6. The number of hydrogen-bond donors (Lipinski definition) is 1. The van der Waals surface area contributed by atoms with Gasteiger partial charge in [-0.1, -0.05) is 39.8 Å². The van der Waals surface area contributed by atoms with E-state index in [9.17, 15) is 9.59 Å². The molecule has 1 amide bonds. The minimum Gasteiger partial charge on any atom is -0.453 e. The van der Waals surface area contributed by atoms with Crippen molar-refractivity contribution in [3.63, 3.8) is 0 Å². The molecule has 21 heavy (non-hydrogen) atoms. The Balaban J connectivity index is 2.52. The van der Waals surface area contributed by atoms with Crippen LogP contribution < -0.4 is 5.32 Å². The minimum absolute atomic E-state index is 0.150. The number of anilines is 1. The topological polar surface area (TPSA) is 55.4 Å². The minimum atomic E-state index is -0.800. The predicted octanol–water partition coefficient (Wildman–Crippen LogP) is 3.56. The molecule has 116 valence electrons. The molecule has 0 fully saturated rings. The maximum Gasteiger partial charge on any atom is 0.307 e. The molecule has 0 saturated carbocycles. The van der Waals surface area contributed by atoms with Crippen LogP contribution in [-0.2, 0) is 20.7 Å². The van der Waals surface area contributed by atoms with Gasteiger partial charge in [-0.2, -0.15) is 0 Å². The highest BCUT2D eigenvalue weighted by Gasteiger charge is 2.22. The van der Waals surface area contributed by atoms with Crippen LogP contribution in [0.2, 0.25) is 0 Å². The van der Waals surface area contributed by atoms with Gasteiger partial charge in [-0.05, 0) is 36.5 Å². The molecule has 1 aromatic rings. The second-order valence-corrected chi connectivity index (χ2v) is 6.41. The Labute approximate surface area is 126 Å². The Hall–Kier alpha value is -1.84. The zero-order valence-electron chi connectivity index (χ0n) is 13.5. The Bertz CT molecular complexity index is 486. The molecule has 0 aliphatic carbocycles. The SMILES string of the molecule is CCc1ccc(NC(=O)[C@H](C)OC(=O)CC(C)(C)C)cc1. The lowest BCUT2D eigenvalue weighted by atomic mass is 9.92. The van der Waals surface area contributed by atoms with Crippen molar-refractivity contribution in [3.8, 4) is 0 Å². The summed E-state index contributed by atoms with van der Waals surface area (Å²) in [6, 6.07) is 7.62. The number of benzene rings is 1. The summed E-state index contributed by atoms with van der Waals surface area (Å²) in [4.78, 5) is 23.7. The van der Waals surface area contributed by atoms with Crippen molar-refractivity contribution in [2.45, 2.75) is 53.6 Å². The Morgan fingerprint density at radius 2 is 1.76 bits per heavy atom. The molecule has 4 nitrogen and oxygen atoms in total. The zero-order valence-corrected chi connectivity index (χ0v) is 13.5. The van der Waals surface area contributed by atoms with Crippen molar-refractivity contribution in [1.29, 1.82) is 0 Å². The van der Waals surface area contributed by atoms with Crippen LogP contribution in [0, 0.1) is 5.41 Å². The third-order valence-electron chi connectivity index (χ3n) is 2.98. The molecule has 1 aromatic carbocycles. The van der Waals surface area contributed by atoms with Gasteiger partial charge in [-0.15, -0.1) is 0 Å². The summed E-state index contributed by atoms with van der Waals surface area (Å²) in [5, 5.41) is 2.75. The summed E-state index contributed by atoms with van der Waals surface area (Å²) in [5.74, 6) is -0.673. The molecule has 1 N–H and O–H groups in total. The summed E-state index contributed by atoms with van der Waals surface area (Å²) < 4.78 is 5.15. The first-order chi connectivity index (χ1) is 9.71. The van der Waals surface area contributed by atoms with Gasteiger partial charge in [-0.25, -0.2) is 0 Å². The maximum atomic E-state index is 12.0. The van der Waals surface area contributed by atoms with Crippen LogP contribution in [-0.4, -0.2) is 18.0 Å². The molecule has 0 heterocycles. The average molecular weight is 291 g/mol. The van der Waals surface area contributed by atoms with Gasteiger partial charge in [0, 0.05) is 5.69 Å². The highest BCUT2D eigenvalue weighted by atomic mass is 16.5. The number of rotatable bonds is 5. The van der Waals surface area contributed by atoms with Gasteiger partial charge in [0.25, 0.3) is 5.91 Å². The highest BCUT2D eigenvalue weighted by molar-refractivity contribution is 5.95. The lowest BCUT2D eigenvalue weighted by molar-refractivity contribution is -0.154. The molecule has 0 aliphatic heterocycles. The summed E-state index contributed by atoms with van der Waals surface area (Å²) in [7, 11) is 0. The van der Waals surface area contributed by atoms with Crippen LogP contribution in [0.4, 0.5) is 5.69 Å². The van der Waals surface area contributed by atoms with E-state index in [2.05, 4.69) is 12.2 Å². The van der Waals surface area contributed by atoms with E-state index in [0.717, 1.165) is 6.42 Å². The molecule has 0 saturated heterocycles. The molecular formula is C17H25NO3. The fourth-order valence-electron chi connectivity index (χ4n) is 1.79. The fourth-order valence-corrected chi connectivity index (χ4v) is 1.79. The third-order valence-corrected chi connectivity index (χ3v) is 2.98. The van der Waals surface area contributed by atoms with Crippen LogP contribution in [0.15, 0.2) is 24.3 Å². The summed E-state index contributed by atoms with van der Waals surface area (Å²) >= 11 is 0. The van der Waals surface area contributed by atoms with Gasteiger partial charge < -0.3 is 10.1 Å². The van der Waals surface area contributed by atoms with Crippen LogP contribution in [0.3, 0.4) is 0 Å². The van der Waals surface area contributed by atoms with Gasteiger partial charge >= 0.3 is 5.97 Å². The zero-order chi connectivity index (χ0) is 16.0. The lowest BCUT2D eigenvalue weighted by Crippen LogP contribution is -2.31. The molecule has 0 bridgehead atoms. The van der Waals surface area contributed by atoms with E-state index in [0.29, 0.717) is 5.69 Å². The van der Waals surface area contributed by atoms with Gasteiger partial charge in [-0.3, -0.25) is 9.59 Å². The first-order valence-corrected chi connectivity index (χ1v) is 7.30. The highest BCUT2D eigenvalue weighted by Crippen LogP contribution is 2.19. The summed E-state index contributed by atoms with van der Waals surface area (Å²) in [6.07, 6.45) is 0.441. The summed E-state index contributed by atoms with van der Waals surface area (Å²) in [6.45, 7) is 9.51. The monoisotopic (exact) mass is 291 g/mol. The number of carbonyl (C=O) groups is 2. The largest absolute Gasteiger partial charge is 0.453 e. The molecule has 0 spiro atoms. The van der Waals surface area contributed by atoms with Crippen LogP contribution in [0.5, 0.6) is 0 Å². The van der Waals surface area contributed by atoms with E-state index in [1.807, 2.05) is 45.0 Å². The molecule has 1 atom stereocenters. The average Bonchev–Trinajstić information content (AvgIpc) is 2.37. The lowest BCUT2D eigenvalue weighted by Gasteiger charge is -2.19. The van der Waals surface area contributed by atoms with Crippen LogP contribution in [0.1, 0.15) is 46.6 Å². The number of hydrogen-bond acceptors (Lipinski definition) is 3. The quantitative estimate of drug-likeness (QED) is 0.844. The number of esters is 1. The van der Waals surface area contributed by atoms with Crippen molar-refractivity contribution >= 4 is 17.6 Å². The molecule has 0 unspecified atom stereocenters. The number of nitrogens with one attached hydrogen (secondary N) is 1.